The number of ether oxygens (including phenoxy) is 4. The Hall–Kier alpha value is -2.56. The van der Waals surface area contributed by atoms with Crippen molar-refractivity contribution in [2.24, 2.45) is 0 Å². The molecule has 0 aliphatic heterocycles. The first kappa shape index (κ1) is 14.8. The predicted octanol–water partition coefficient (Wildman–Crippen LogP) is 3.46. The van der Waals surface area contributed by atoms with Crippen LogP contribution in [0.4, 0.5) is 11.4 Å². The first-order chi connectivity index (χ1) is 10.2. The number of hydrogen-bond donors (Lipinski definition) is 1. The van der Waals surface area contributed by atoms with E-state index in [0.29, 0.717) is 17.2 Å². The van der Waals surface area contributed by atoms with E-state index in [9.17, 15) is 0 Å². The Labute approximate surface area is 124 Å². The van der Waals surface area contributed by atoms with Crippen LogP contribution in [0.1, 0.15) is 0 Å². The van der Waals surface area contributed by atoms with Gasteiger partial charge in [0, 0.05) is 0 Å². The van der Waals surface area contributed by atoms with Crippen molar-refractivity contribution >= 4 is 11.4 Å². The zero-order valence-corrected chi connectivity index (χ0v) is 12.6. The highest BCUT2D eigenvalue weighted by atomic mass is 16.5. The molecule has 0 bridgehead atoms. The number of methoxy groups -OCH3 is 4. The third-order valence-corrected chi connectivity index (χ3v) is 3.08. The van der Waals surface area contributed by atoms with Crippen LogP contribution in [0.25, 0.3) is 0 Å². The summed E-state index contributed by atoms with van der Waals surface area (Å²) in [6.07, 6.45) is 0. The summed E-state index contributed by atoms with van der Waals surface area (Å²) in [5, 5.41) is 3.28. The molecule has 2 aromatic rings. The summed E-state index contributed by atoms with van der Waals surface area (Å²) >= 11 is 0. The monoisotopic (exact) mass is 289 g/mol. The second-order valence-electron chi connectivity index (χ2n) is 4.21. The Morgan fingerprint density at radius 2 is 1.29 bits per heavy atom. The molecule has 0 atom stereocenters. The Balaban J connectivity index is 2.44. The van der Waals surface area contributed by atoms with E-state index in [1.165, 1.54) is 0 Å². The Morgan fingerprint density at radius 1 is 0.619 bits per heavy atom. The van der Waals surface area contributed by atoms with Gasteiger partial charge in [-0.25, -0.2) is 0 Å². The van der Waals surface area contributed by atoms with Crippen molar-refractivity contribution in [3.8, 4) is 23.0 Å². The molecule has 0 aliphatic carbocycles. The molecule has 0 fully saturated rings. The zero-order chi connectivity index (χ0) is 15.2. The van der Waals surface area contributed by atoms with E-state index in [2.05, 4.69) is 5.32 Å². The fourth-order valence-electron chi connectivity index (χ4n) is 2.09. The first-order valence-corrected chi connectivity index (χ1v) is 6.44. The van der Waals surface area contributed by atoms with Crippen LogP contribution in [-0.2, 0) is 0 Å². The molecule has 5 nitrogen and oxygen atoms in total. The molecule has 0 aromatic heterocycles. The number of rotatable bonds is 6. The minimum atomic E-state index is 0.542. The number of para-hydroxylation sites is 2. The Bertz CT molecular complexity index is 613. The van der Waals surface area contributed by atoms with Crippen LogP contribution in [0.2, 0.25) is 0 Å². The van der Waals surface area contributed by atoms with Crippen molar-refractivity contribution in [3.05, 3.63) is 36.4 Å². The first-order valence-electron chi connectivity index (χ1n) is 6.44. The lowest BCUT2D eigenvalue weighted by molar-refractivity contribution is 0.325. The van der Waals surface area contributed by atoms with Crippen LogP contribution in [-0.4, -0.2) is 28.4 Å². The summed E-state index contributed by atoms with van der Waals surface area (Å²) in [7, 11) is 6.38. The van der Waals surface area contributed by atoms with E-state index in [1.54, 1.807) is 28.4 Å². The molecular weight excluding hydrogens is 270 g/mol. The molecule has 1 N–H and O–H groups in total. The highest BCUT2D eigenvalue weighted by molar-refractivity contribution is 5.75. The topological polar surface area (TPSA) is 49.0 Å². The molecule has 0 aliphatic rings. The van der Waals surface area contributed by atoms with Crippen LogP contribution in [0, 0.1) is 0 Å². The summed E-state index contributed by atoms with van der Waals surface area (Å²) < 4.78 is 21.4. The molecule has 0 unspecified atom stereocenters. The van der Waals surface area contributed by atoms with Gasteiger partial charge >= 0.3 is 0 Å². The van der Waals surface area contributed by atoms with Crippen LogP contribution >= 0.6 is 0 Å². The molecule has 0 heterocycles. The van der Waals surface area contributed by atoms with Crippen molar-refractivity contribution in [1.82, 2.24) is 0 Å². The summed E-state index contributed by atoms with van der Waals surface area (Å²) in [5.41, 5.74) is 1.60. The number of anilines is 2. The molecule has 0 saturated carbocycles. The second-order valence-corrected chi connectivity index (χ2v) is 4.21. The van der Waals surface area contributed by atoms with Crippen molar-refractivity contribution < 1.29 is 18.9 Å². The lowest BCUT2D eigenvalue weighted by Gasteiger charge is -2.17. The predicted molar refractivity (Wildman–Crippen MR) is 82.4 cm³/mol. The molecule has 21 heavy (non-hydrogen) atoms. The SMILES string of the molecule is COc1ccccc1Nc1ccc(OC)c(OC)c1OC. The lowest BCUT2D eigenvalue weighted by Crippen LogP contribution is -2.00. The third-order valence-electron chi connectivity index (χ3n) is 3.08. The van der Waals surface area contributed by atoms with Gasteiger partial charge in [-0.15, -0.1) is 0 Å². The van der Waals surface area contributed by atoms with Gasteiger partial charge in [-0.1, -0.05) is 12.1 Å². The minimum absolute atomic E-state index is 0.542. The quantitative estimate of drug-likeness (QED) is 0.882. The fraction of sp³-hybridized carbons (Fsp3) is 0.250. The van der Waals surface area contributed by atoms with Crippen LogP contribution in [0.5, 0.6) is 23.0 Å². The number of benzene rings is 2. The molecular formula is C16H19NO4. The summed E-state index contributed by atoms with van der Waals surface area (Å²) in [6, 6.07) is 11.3. The molecule has 0 radical (unpaired) electrons. The Morgan fingerprint density at radius 3 is 1.90 bits per heavy atom. The van der Waals surface area contributed by atoms with E-state index < -0.39 is 0 Å². The largest absolute Gasteiger partial charge is 0.495 e. The van der Waals surface area contributed by atoms with Gasteiger partial charge < -0.3 is 24.3 Å². The van der Waals surface area contributed by atoms with Gasteiger partial charge in [0.05, 0.1) is 39.8 Å². The third kappa shape index (κ3) is 2.97. The van der Waals surface area contributed by atoms with Crippen LogP contribution in [0.15, 0.2) is 36.4 Å². The molecule has 0 saturated heterocycles. The van der Waals surface area contributed by atoms with Gasteiger partial charge in [-0.3, -0.25) is 0 Å². The molecule has 2 rings (SSSR count). The average Bonchev–Trinajstić information content (AvgIpc) is 2.54. The van der Waals surface area contributed by atoms with E-state index in [4.69, 9.17) is 18.9 Å². The van der Waals surface area contributed by atoms with E-state index >= 15 is 0 Å². The average molecular weight is 289 g/mol. The van der Waals surface area contributed by atoms with Gasteiger partial charge in [0.2, 0.25) is 5.75 Å². The van der Waals surface area contributed by atoms with Crippen LogP contribution < -0.4 is 24.3 Å². The molecule has 5 heteroatoms. The van der Waals surface area contributed by atoms with Crippen molar-refractivity contribution in [3.63, 3.8) is 0 Å². The fourth-order valence-corrected chi connectivity index (χ4v) is 2.09. The summed E-state index contributed by atoms with van der Waals surface area (Å²) in [5.74, 6) is 2.47. The smallest absolute Gasteiger partial charge is 0.205 e. The van der Waals surface area contributed by atoms with E-state index in [1.807, 2.05) is 36.4 Å². The number of hydrogen-bond acceptors (Lipinski definition) is 5. The summed E-state index contributed by atoms with van der Waals surface area (Å²) in [6.45, 7) is 0. The standard InChI is InChI=1S/C16H19NO4/c1-18-13-8-6-5-7-11(13)17-12-9-10-14(19-2)16(21-4)15(12)20-3/h5-10,17H,1-4H3. The maximum absolute atomic E-state index is 5.45. The van der Waals surface area contributed by atoms with Gasteiger partial charge in [0.15, 0.2) is 11.5 Å². The zero-order valence-electron chi connectivity index (χ0n) is 12.6. The molecule has 2 aromatic carbocycles. The number of nitrogens with one attached hydrogen (secondary N) is 1. The van der Waals surface area contributed by atoms with Gasteiger partial charge in [-0.05, 0) is 24.3 Å². The summed E-state index contributed by atoms with van der Waals surface area (Å²) in [4.78, 5) is 0. The highest BCUT2D eigenvalue weighted by Gasteiger charge is 2.16. The highest BCUT2D eigenvalue weighted by Crippen LogP contribution is 2.44. The Kier molecular flexibility index (Phi) is 4.77. The van der Waals surface area contributed by atoms with Gasteiger partial charge in [0.25, 0.3) is 0 Å². The lowest BCUT2D eigenvalue weighted by atomic mass is 10.2. The van der Waals surface area contributed by atoms with Crippen LogP contribution in [0.3, 0.4) is 0 Å². The maximum Gasteiger partial charge on any atom is 0.205 e. The molecule has 0 spiro atoms. The normalized spacial score (nSPS) is 9.90. The second kappa shape index (κ2) is 6.74. The molecule has 0 amide bonds. The van der Waals surface area contributed by atoms with E-state index in [-0.39, 0.29) is 0 Å². The maximum atomic E-state index is 5.45. The van der Waals surface area contributed by atoms with E-state index in [0.717, 1.165) is 17.1 Å². The molecule has 112 valence electrons. The van der Waals surface area contributed by atoms with Crippen molar-refractivity contribution in [2.45, 2.75) is 0 Å². The van der Waals surface area contributed by atoms with Gasteiger partial charge in [0.1, 0.15) is 5.75 Å². The van der Waals surface area contributed by atoms with Gasteiger partial charge in [-0.2, -0.15) is 0 Å². The minimum Gasteiger partial charge on any atom is -0.495 e. The van der Waals surface area contributed by atoms with Crippen molar-refractivity contribution in [1.29, 1.82) is 0 Å². The van der Waals surface area contributed by atoms with Crippen molar-refractivity contribution in [2.75, 3.05) is 33.8 Å².